The smallest absolute Gasteiger partial charge is 0.159 e. The van der Waals surface area contributed by atoms with E-state index in [-0.39, 0.29) is 17.6 Å². The van der Waals surface area contributed by atoms with Crippen molar-refractivity contribution in [3.8, 4) is 5.75 Å². The largest absolute Gasteiger partial charge is 0.508 e. The molecule has 1 heterocycles. The number of ketones is 1. The van der Waals surface area contributed by atoms with Crippen LogP contribution >= 0.6 is 0 Å². The second-order valence-corrected chi connectivity index (χ2v) is 9.49. The highest BCUT2D eigenvalue weighted by molar-refractivity contribution is 5.94. The van der Waals surface area contributed by atoms with Crippen LogP contribution in [-0.2, 0) is 6.54 Å². The summed E-state index contributed by atoms with van der Waals surface area (Å²) in [5.74, 6) is 0.346. The Bertz CT molecular complexity index is 1090. The molecule has 4 rings (SSSR count). The van der Waals surface area contributed by atoms with Crippen molar-refractivity contribution in [3.63, 3.8) is 0 Å². The topological polar surface area (TPSA) is 43.8 Å². The predicted molar refractivity (Wildman–Crippen MR) is 134 cm³/mol. The van der Waals surface area contributed by atoms with Gasteiger partial charge >= 0.3 is 0 Å². The highest BCUT2D eigenvalue weighted by atomic mass is 16.3. The third-order valence-electron chi connectivity index (χ3n) is 6.82. The summed E-state index contributed by atoms with van der Waals surface area (Å²) in [5.41, 5.74) is 5.55. The van der Waals surface area contributed by atoms with Gasteiger partial charge in [-0.05, 0) is 56.5 Å². The number of rotatable bonds is 6. The Morgan fingerprint density at radius 1 is 0.939 bits per heavy atom. The lowest BCUT2D eigenvalue weighted by molar-refractivity contribution is 0.0195. The number of hydrogen-bond acceptors (Lipinski definition) is 4. The van der Waals surface area contributed by atoms with Crippen molar-refractivity contribution in [2.24, 2.45) is 0 Å². The van der Waals surface area contributed by atoms with Crippen molar-refractivity contribution in [1.29, 1.82) is 0 Å². The predicted octanol–water partition coefficient (Wildman–Crippen LogP) is 5.59. The first-order chi connectivity index (χ1) is 15.8. The van der Waals surface area contributed by atoms with E-state index < -0.39 is 0 Å². The zero-order chi connectivity index (χ0) is 23.5. The van der Waals surface area contributed by atoms with E-state index in [1.807, 2.05) is 24.3 Å². The van der Waals surface area contributed by atoms with Crippen LogP contribution in [0, 0.1) is 6.92 Å². The van der Waals surface area contributed by atoms with Gasteiger partial charge in [-0.25, -0.2) is 0 Å². The number of carbonyl (C=O) groups is 1. The summed E-state index contributed by atoms with van der Waals surface area (Å²) >= 11 is 0. The fourth-order valence-electron chi connectivity index (χ4n) is 4.90. The normalized spacial score (nSPS) is 20.5. The van der Waals surface area contributed by atoms with E-state index in [9.17, 15) is 9.90 Å². The molecule has 0 amide bonds. The Labute approximate surface area is 197 Å². The van der Waals surface area contributed by atoms with Gasteiger partial charge in [0.15, 0.2) is 5.78 Å². The van der Waals surface area contributed by atoms with Gasteiger partial charge in [0.1, 0.15) is 5.75 Å². The first-order valence-electron chi connectivity index (χ1n) is 11.8. The van der Waals surface area contributed by atoms with Crippen molar-refractivity contribution in [2.45, 2.75) is 52.4 Å². The van der Waals surface area contributed by atoms with E-state index in [0.717, 1.165) is 36.3 Å². The third-order valence-corrected chi connectivity index (χ3v) is 6.82. The van der Waals surface area contributed by atoms with Crippen molar-refractivity contribution < 1.29 is 9.90 Å². The summed E-state index contributed by atoms with van der Waals surface area (Å²) < 4.78 is 0. The maximum atomic E-state index is 11.8. The molecule has 0 radical (unpaired) electrons. The van der Waals surface area contributed by atoms with Crippen LogP contribution in [0.15, 0.2) is 72.8 Å². The Kier molecular flexibility index (Phi) is 6.96. The second-order valence-electron chi connectivity index (χ2n) is 9.49. The second kappa shape index (κ2) is 9.90. The number of piperazine rings is 1. The number of phenolic OH excluding ortho intramolecular Hbond substituents is 1. The molecule has 0 saturated carbocycles. The van der Waals surface area contributed by atoms with Gasteiger partial charge in [-0.3, -0.25) is 14.6 Å². The zero-order valence-electron chi connectivity index (χ0n) is 20.0. The van der Waals surface area contributed by atoms with Crippen LogP contribution in [0.4, 0.5) is 0 Å². The molecule has 33 heavy (non-hydrogen) atoms. The van der Waals surface area contributed by atoms with Crippen molar-refractivity contribution in [3.05, 3.63) is 101 Å². The first kappa shape index (κ1) is 23.2. The number of hydrogen-bond donors (Lipinski definition) is 1. The van der Waals surface area contributed by atoms with Crippen molar-refractivity contribution in [1.82, 2.24) is 9.80 Å². The molecule has 1 fully saturated rings. The summed E-state index contributed by atoms with van der Waals surface area (Å²) in [6, 6.07) is 25.0. The van der Waals surface area contributed by atoms with Gasteiger partial charge in [0.05, 0.1) is 6.04 Å². The molecule has 172 valence electrons. The number of phenols is 1. The number of carbonyl (C=O) groups excluding carboxylic acids is 1. The third kappa shape index (κ3) is 5.35. The number of aryl methyl sites for hydroxylation is 1. The highest BCUT2D eigenvalue weighted by Crippen LogP contribution is 2.35. The molecule has 0 bridgehead atoms. The SMILES string of the molecule is CC(=O)c1ccc(C(c2cccc(O)c2)N2C[C@@H](C)N(Cc3ccc(C)cc3)C[C@@H]2C)cc1. The van der Waals surface area contributed by atoms with Crippen LogP contribution in [0.5, 0.6) is 5.75 Å². The van der Waals surface area contributed by atoms with E-state index in [1.54, 1.807) is 13.0 Å². The molecule has 4 nitrogen and oxygen atoms in total. The van der Waals surface area contributed by atoms with Crippen LogP contribution in [-0.4, -0.2) is 45.9 Å². The molecule has 3 aromatic carbocycles. The van der Waals surface area contributed by atoms with Crippen LogP contribution in [0.3, 0.4) is 0 Å². The summed E-state index contributed by atoms with van der Waals surface area (Å²) in [4.78, 5) is 16.9. The fraction of sp³-hybridized carbons (Fsp3) is 0.345. The highest BCUT2D eigenvalue weighted by Gasteiger charge is 2.35. The molecule has 3 atom stereocenters. The lowest BCUT2D eigenvalue weighted by atomic mass is 9.92. The molecule has 1 unspecified atom stereocenters. The average molecular weight is 443 g/mol. The number of aromatic hydroxyl groups is 1. The minimum atomic E-state index is 0.0112. The zero-order valence-corrected chi connectivity index (χ0v) is 20.0. The van der Waals surface area contributed by atoms with Crippen molar-refractivity contribution in [2.75, 3.05) is 13.1 Å². The summed E-state index contributed by atoms with van der Waals surface area (Å²) in [5, 5.41) is 10.2. The van der Waals surface area contributed by atoms with Gasteiger partial charge in [0.25, 0.3) is 0 Å². The minimum Gasteiger partial charge on any atom is -0.508 e. The Morgan fingerprint density at radius 3 is 2.27 bits per heavy atom. The van der Waals surface area contributed by atoms with Crippen LogP contribution in [0.25, 0.3) is 0 Å². The molecule has 0 aromatic heterocycles. The molecular formula is C29H34N2O2. The lowest BCUT2D eigenvalue weighted by Gasteiger charge is -2.47. The summed E-state index contributed by atoms with van der Waals surface area (Å²) in [7, 11) is 0. The quantitative estimate of drug-likeness (QED) is 0.506. The van der Waals surface area contributed by atoms with Crippen LogP contribution in [0.1, 0.15) is 59.4 Å². The standard InChI is InChI=1S/C29H34N2O2/c1-20-8-10-24(11-9-20)19-30-17-22(3)31(18-21(30)2)29(27-6-5-7-28(33)16-27)26-14-12-25(13-15-26)23(4)32/h5-16,21-22,29,33H,17-19H2,1-4H3/t21-,22+,29?/m1/s1. The van der Waals surface area contributed by atoms with Gasteiger partial charge in [-0.15, -0.1) is 0 Å². The first-order valence-corrected chi connectivity index (χ1v) is 11.8. The van der Waals surface area contributed by atoms with Gasteiger partial charge in [-0.1, -0.05) is 66.2 Å². The van der Waals surface area contributed by atoms with Crippen LogP contribution < -0.4 is 0 Å². The summed E-state index contributed by atoms with van der Waals surface area (Å²) in [6.45, 7) is 11.1. The van der Waals surface area contributed by atoms with E-state index in [1.165, 1.54) is 11.1 Å². The molecule has 1 aliphatic rings. The molecular weight excluding hydrogens is 408 g/mol. The van der Waals surface area contributed by atoms with Gasteiger partial charge in [0, 0.05) is 37.3 Å². The van der Waals surface area contributed by atoms with Gasteiger partial charge < -0.3 is 5.11 Å². The van der Waals surface area contributed by atoms with E-state index >= 15 is 0 Å². The maximum absolute atomic E-state index is 11.8. The van der Waals surface area contributed by atoms with Crippen LogP contribution in [0.2, 0.25) is 0 Å². The molecule has 1 aliphatic heterocycles. The van der Waals surface area contributed by atoms with Gasteiger partial charge in [0.2, 0.25) is 0 Å². The molecule has 4 heteroatoms. The van der Waals surface area contributed by atoms with Crippen molar-refractivity contribution >= 4 is 5.78 Å². The fourth-order valence-corrected chi connectivity index (χ4v) is 4.90. The molecule has 0 spiro atoms. The molecule has 1 N–H and O–H groups in total. The number of Topliss-reactive ketones (excluding diaryl/α,β-unsaturated/α-hetero) is 1. The molecule has 1 saturated heterocycles. The molecule has 3 aromatic rings. The van der Waals surface area contributed by atoms with E-state index in [4.69, 9.17) is 0 Å². The minimum absolute atomic E-state index is 0.0112. The van der Waals surface area contributed by atoms with Gasteiger partial charge in [-0.2, -0.15) is 0 Å². The average Bonchev–Trinajstić information content (AvgIpc) is 2.79. The van der Waals surface area contributed by atoms with E-state index in [2.05, 4.69) is 73.0 Å². The number of benzene rings is 3. The maximum Gasteiger partial charge on any atom is 0.159 e. The number of nitrogens with zero attached hydrogens (tertiary/aromatic N) is 2. The lowest BCUT2D eigenvalue weighted by Crippen LogP contribution is -2.56. The molecule has 0 aliphatic carbocycles. The van der Waals surface area contributed by atoms with E-state index in [0.29, 0.717) is 12.1 Å². The Balaban J connectivity index is 1.61. The Hall–Kier alpha value is -2.95. The monoisotopic (exact) mass is 442 g/mol. The summed E-state index contributed by atoms with van der Waals surface area (Å²) in [6.07, 6.45) is 0. The Morgan fingerprint density at radius 2 is 1.64 bits per heavy atom.